The van der Waals surface area contributed by atoms with Crippen molar-refractivity contribution in [3.05, 3.63) is 131 Å². The van der Waals surface area contributed by atoms with Gasteiger partial charge in [0, 0.05) is 55.7 Å². The molecule has 8 aromatic rings. The van der Waals surface area contributed by atoms with Crippen molar-refractivity contribution in [2.45, 2.75) is 62.7 Å². The summed E-state index contributed by atoms with van der Waals surface area (Å²) in [4.78, 5) is 22.5. The number of aromatic hydroxyl groups is 2. The van der Waals surface area contributed by atoms with Gasteiger partial charge in [0.2, 0.25) is 11.9 Å². The van der Waals surface area contributed by atoms with Crippen LogP contribution < -0.4 is 9.80 Å². The second-order valence-corrected chi connectivity index (χ2v) is 17.3. The summed E-state index contributed by atoms with van der Waals surface area (Å²) in [5.74, 6) is -11.0. The monoisotopic (exact) mass is 992 g/mol. The standard InChI is InChI=1S/C48H38F10N10O3/c1-65-43-31(39(63-65)29-19-33(47(53,54)55)37(51)41(69)35(29)49)21-60-46(61-43)68-26(18-27(68)16-24-8-4-2-5-9-24)12-13-67-44-32(40(64-67)30-20-34(48(56,57)58)38(52)42(70)36(30)50)22-59-45(62-44)66-14-15-71-23-28(66)17-25-10-6-3-7-11-25/h2-11,19-22,26-28,69-70H,12-18,23H2,1H3/t26?,27-,28+/m0/s1. The number of hydrogen-bond acceptors (Lipinski definition) is 11. The predicted molar refractivity (Wildman–Crippen MR) is 237 cm³/mol. The Morgan fingerprint density at radius 2 is 1.17 bits per heavy atom. The molecule has 0 bridgehead atoms. The van der Waals surface area contributed by atoms with E-state index in [0.29, 0.717) is 39.0 Å². The van der Waals surface area contributed by atoms with Crippen molar-refractivity contribution in [3.8, 4) is 34.0 Å². The Kier molecular flexibility index (Phi) is 11.9. The number of fused-ring (bicyclic) bond motifs is 2. The quantitative estimate of drug-likeness (QED) is 0.120. The minimum absolute atomic E-state index is 0.00105. The number of morpholine rings is 1. The van der Waals surface area contributed by atoms with Gasteiger partial charge in [-0.1, -0.05) is 60.7 Å². The van der Waals surface area contributed by atoms with Crippen molar-refractivity contribution in [3.63, 3.8) is 0 Å². The maximum atomic E-state index is 15.8. The van der Waals surface area contributed by atoms with Crippen molar-refractivity contribution >= 4 is 34.0 Å². The van der Waals surface area contributed by atoms with E-state index in [1.54, 1.807) is 0 Å². The highest BCUT2D eigenvalue weighted by molar-refractivity contribution is 5.93. The lowest BCUT2D eigenvalue weighted by molar-refractivity contribution is -0.141. The first-order valence-electron chi connectivity index (χ1n) is 22.1. The van der Waals surface area contributed by atoms with Crippen LogP contribution in [0.2, 0.25) is 0 Å². The summed E-state index contributed by atoms with van der Waals surface area (Å²) in [6.07, 6.45) is -6.27. The smallest absolute Gasteiger partial charge is 0.419 e. The number of nitrogens with zero attached hydrogens (tertiary/aromatic N) is 10. The lowest BCUT2D eigenvalue weighted by Crippen LogP contribution is -2.58. The van der Waals surface area contributed by atoms with Crippen LogP contribution in [0.4, 0.5) is 55.8 Å². The average molecular weight is 993 g/mol. The highest BCUT2D eigenvalue weighted by Gasteiger charge is 2.42. The van der Waals surface area contributed by atoms with E-state index in [2.05, 4.69) is 20.2 Å². The number of anilines is 2. The molecule has 2 aliphatic heterocycles. The number of benzene rings is 4. The van der Waals surface area contributed by atoms with Gasteiger partial charge in [-0.2, -0.15) is 46.5 Å². The molecule has 0 saturated carbocycles. The van der Waals surface area contributed by atoms with Crippen molar-refractivity contribution in [2.75, 3.05) is 29.6 Å². The van der Waals surface area contributed by atoms with Gasteiger partial charge in [0.25, 0.3) is 0 Å². The van der Waals surface area contributed by atoms with Gasteiger partial charge in [0.15, 0.2) is 46.1 Å². The van der Waals surface area contributed by atoms with Gasteiger partial charge in [-0.3, -0.25) is 0 Å². The molecule has 2 N–H and O–H groups in total. The van der Waals surface area contributed by atoms with E-state index in [1.165, 1.54) is 28.8 Å². The molecule has 0 amide bonds. The normalized spacial score (nSPS) is 17.6. The SMILES string of the molecule is Cn1nc(-c2cc(C(F)(F)F)c(F)c(O)c2F)c2cnc(N3C(CCn4nc(-c5cc(C(F)(F)F)c(F)c(O)c5F)c5cnc(N6CCOC[C@H]6Cc6ccccc6)nc54)C[C@@H]3Cc3ccccc3)nc21. The fraction of sp³-hybridized carbons (Fsp3) is 0.292. The van der Waals surface area contributed by atoms with Gasteiger partial charge in [-0.25, -0.2) is 36.9 Å². The molecule has 4 aromatic heterocycles. The number of alkyl halides is 6. The summed E-state index contributed by atoms with van der Waals surface area (Å²) < 4.78 is 152. The molecular weight excluding hydrogens is 955 g/mol. The van der Waals surface area contributed by atoms with Crippen molar-refractivity contribution in [1.82, 2.24) is 39.5 Å². The molecule has 0 radical (unpaired) electrons. The minimum atomic E-state index is -5.32. The number of halogens is 10. The zero-order valence-corrected chi connectivity index (χ0v) is 37.0. The molecule has 368 valence electrons. The van der Waals surface area contributed by atoms with E-state index >= 15 is 8.78 Å². The molecule has 2 aliphatic rings. The summed E-state index contributed by atoms with van der Waals surface area (Å²) in [6.45, 7) is 1.02. The van der Waals surface area contributed by atoms with Crippen LogP contribution >= 0.6 is 0 Å². The molecule has 23 heteroatoms. The Bertz CT molecular complexity index is 3320. The minimum Gasteiger partial charge on any atom is -0.503 e. The second-order valence-electron chi connectivity index (χ2n) is 17.3. The third-order valence-corrected chi connectivity index (χ3v) is 12.9. The van der Waals surface area contributed by atoms with Gasteiger partial charge in [0.05, 0.1) is 41.2 Å². The fourth-order valence-corrected chi connectivity index (χ4v) is 9.39. The van der Waals surface area contributed by atoms with E-state index < -0.39 is 86.8 Å². The van der Waals surface area contributed by atoms with E-state index in [0.717, 1.165) is 11.1 Å². The highest BCUT2D eigenvalue weighted by atomic mass is 19.4. The van der Waals surface area contributed by atoms with E-state index in [-0.39, 0.29) is 71.1 Å². The fourth-order valence-electron chi connectivity index (χ4n) is 9.39. The lowest BCUT2D eigenvalue weighted by Gasteiger charge is -2.49. The number of aromatic nitrogens is 8. The van der Waals surface area contributed by atoms with Crippen molar-refractivity contribution < 1.29 is 58.9 Å². The van der Waals surface area contributed by atoms with Gasteiger partial charge in [0.1, 0.15) is 11.4 Å². The van der Waals surface area contributed by atoms with Crippen LogP contribution in [0.25, 0.3) is 44.6 Å². The molecule has 13 nitrogen and oxygen atoms in total. The first-order valence-corrected chi connectivity index (χ1v) is 22.1. The molecule has 0 spiro atoms. The molecule has 71 heavy (non-hydrogen) atoms. The molecule has 2 saturated heterocycles. The van der Waals surface area contributed by atoms with E-state index in [9.17, 15) is 45.3 Å². The summed E-state index contributed by atoms with van der Waals surface area (Å²) in [5.41, 5.74) is -4.19. The van der Waals surface area contributed by atoms with Crippen LogP contribution in [0.15, 0.2) is 85.2 Å². The number of rotatable bonds is 11. The molecular formula is C48H38F10N10O3. The third-order valence-electron chi connectivity index (χ3n) is 12.9. The summed E-state index contributed by atoms with van der Waals surface area (Å²) in [6, 6.07) is 18.6. The molecule has 10 rings (SSSR count). The third kappa shape index (κ3) is 8.64. The number of hydrogen-bond donors (Lipinski definition) is 2. The molecule has 2 fully saturated rings. The Labute approximate surface area is 395 Å². The number of aryl methyl sites for hydroxylation is 2. The highest BCUT2D eigenvalue weighted by Crippen LogP contribution is 2.44. The number of ether oxygens (including phenoxy) is 1. The lowest BCUT2D eigenvalue weighted by atomic mass is 9.86. The molecule has 1 unspecified atom stereocenters. The summed E-state index contributed by atoms with van der Waals surface area (Å²) in [5, 5.41) is 29.1. The van der Waals surface area contributed by atoms with E-state index in [4.69, 9.17) is 14.7 Å². The molecule has 3 atom stereocenters. The van der Waals surface area contributed by atoms with Crippen molar-refractivity contribution in [2.24, 2.45) is 7.05 Å². The zero-order valence-electron chi connectivity index (χ0n) is 37.0. The molecule has 6 heterocycles. The van der Waals surface area contributed by atoms with Gasteiger partial charge < -0.3 is 24.7 Å². The topological polar surface area (TPSA) is 143 Å². The summed E-state index contributed by atoms with van der Waals surface area (Å²) in [7, 11) is 1.41. The maximum absolute atomic E-state index is 15.8. The van der Waals surface area contributed by atoms with Gasteiger partial charge in [-0.15, -0.1) is 0 Å². The maximum Gasteiger partial charge on any atom is 0.419 e. The second kappa shape index (κ2) is 18.0. The van der Waals surface area contributed by atoms with Crippen LogP contribution in [-0.4, -0.2) is 87.6 Å². The van der Waals surface area contributed by atoms with Crippen LogP contribution in [0, 0.1) is 23.3 Å². The zero-order chi connectivity index (χ0) is 50.1. The Morgan fingerprint density at radius 3 is 1.75 bits per heavy atom. The van der Waals surface area contributed by atoms with Crippen molar-refractivity contribution in [1.29, 1.82) is 0 Å². The largest absolute Gasteiger partial charge is 0.503 e. The summed E-state index contributed by atoms with van der Waals surface area (Å²) >= 11 is 0. The number of phenolic OH excluding ortho intramolecular Hbond substituents is 2. The average Bonchev–Trinajstić information content (AvgIpc) is 3.86. The Balaban J connectivity index is 1.03. The first-order chi connectivity index (χ1) is 33.9. The number of phenols is 2. The molecule has 4 aromatic carbocycles. The molecule has 0 aliphatic carbocycles. The first kappa shape index (κ1) is 47.1. The van der Waals surface area contributed by atoms with Gasteiger partial charge in [-0.05, 0) is 48.9 Å². The Hall–Kier alpha value is -7.56. The van der Waals surface area contributed by atoms with E-state index in [1.807, 2.05) is 70.5 Å². The van der Waals surface area contributed by atoms with Crippen LogP contribution in [0.3, 0.4) is 0 Å². The van der Waals surface area contributed by atoms with Gasteiger partial charge >= 0.3 is 12.4 Å². The Morgan fingerprint density at radius 1 is 0.648 bits per heavy atom. The van der Waals surface area contributed by atoms with Crippen LogP contribution in [0.1, 0.15) is 35.1 Å². The predicted octanol–water partition coefficient (Wildman–Crippen LogP) is 9.57. The van der Waals surface area contributed by atoms with Crippen LogP contribution in [0.5, 0.6) is 11.5 Å². The van der Waals surface area contributed by atoms with Crippen LogP contribution in [-0.2, 0) is 43.5 Å².